The lowest BCUT2D eigenvalue weighted by molar-refractivity contribution is 0.207. The quantitative estimate of drug-likeness (QED) is 0.709. The first-order valence-corrected chi connectivity index (χ1v) is 5.02. The fourth-order valence-corrected chi connectivity index (χ4v) is 1.71. The van der Waals surface area contributed by atoms with Crippen LogP contribution >= 0.6 is 0 Å². The minimum absolute atomic E-state index is 0.338. The maximum absolute atomic E-state index is 5.80. The Morgan fingerprint density at radius 1 is 1.50 bits per heavy atom. The summed E-state index contributed by atoms with van der Waals surface area (Å²) in [4.78, 5) is 6.49. The van der Waals surface area contributed by atoms with Crippen molar-refractivity contribution in [1.29, 1.82) is 0 Å². The highest BCUT2D eigenvalue weighted by molar-refractivity contribution is 5.19. The van der Waals surface area contributed by atoms with Gasteiger partial charge in [0.15, 0.2) is 0 Å². The smallest absolute Gasteiger partial charge is 0.138 e. The molecule has 1 atom stereocenters. The number of hydrogen-bond acceptors (Lipinski definition) is 3. The van der Waals surface area contributed by atoms with Crippen molar-refractivity contribution in [3.05, 3.63) is 24.0 Å². The maximum Gasteiger partial charge on any atom is 0.138 e. The van der Waals surface area contributed by atoms with Crippen LogP contribution in [0.25, 0.3) is 0 Å². The van der Waals surface area contributed by atoms with Crippen molar-refractivity contribution >= 4 is 0 Å². The molecule has 0 spiro atoms. The fraction of sp³-hybridized carbons (Fsp3) is 0.545. The molecule has 1 saturated heterocycles. The van der Waals surface area contributed by atoms with Gasteiger partial charge in [-0.25, -0.2) is 0 Å². The van der Waals surface area contributed by atoms with Crippen LogP contribution in [-0.2, 0) is 0 Å². The summed E-state index contributed by atoms with van der Waals surface area (Å²) in [7, 11) is 2.12. The number of rotatable bonds is 2. The highest BCUT2D eigenvalue weighted by Gasteiger charge is 2.20. The van der Waals surface area contributed by atoms with Gasteiger partial charge in [-0.1, -0.05) is 0 Å². The molecule has 0 bridgehead atoms. The Hall–Kier alpha value is -1.09. The van der Waals surface area contributed by atoms with E-state index in [1.165, 1.54) is 0 Å². The van der Waals surface area contributed by atoms with Gasteiger partial charge in [0, 0.05) is 18.8 Å². The number of pyridine rings is 1. The number of aromatic nitrogens is 1. The van der Waals surface area contributed by atoms with Gasteiger partial charge < -0.3 is 9.64 Å². The molecule has 0 aliphatic carbocycles. The van der Waals surface area contributed by atoms with Crippen LogP contribution < -0.4 is 4.74 Å². The summed E-state index contributed by atoms with van der Waals surface area (Å²) in [6.07, 6.45) is 3.25. The van der Waals surface area contributed by atoms with Crippen molar-refractivity contribution < 1.29 is 4.74 Å². The van der Waals surface area contributed by atoms with E-state index in [0.717, 1.165) is 31.0 Å². The molecular weight excluding hydrogens is 176 g/mol. The molecule has 1 aliphatic heterocycles. The van der Waals surface area contributed by atoms with E-state index in [1.807, 2.05) is 19.1 Å². The molecule has 3 heteroatoms. The lowest BCUT2D eigenvalue weighted by atomic mass is 10.3. The van der Waals surface area contributed by atoms with Crippen LogP contribution in [0.3, 0.4) is 0 Å². The molecule has 76 valence electrons. The Kier molecular flexibility index (Phi) is 2.68. The minimum Gasteiger partial charge on any atom is -0.487 e. The monoisotopic (exact) mass is 192 g/mol. The van der Waals surface area contributed by atoms with Crippen molar-refractivity contribution in [3.8, 4) is 5.75 Å². The van der Waals surface area contributed by atoms with E-state index >= 15 is 0 Å². The van der Waals surface area contributed by atoms with Gasteiger partial charge in [-0.05, 0) is 32.5 Å². The van der Waals surface area contributed by atoms with Gasteiger partial charge in [-0.2, -0.15) is 0 Å². The predicted octanol–water partition coefficient (Wildman–Crippen LogP) is 1.47. The second-order valence-corrected chi connectivity index (χ2v) is 3.93. The van der Waals surface area contributed by atoms with E-state index in [0.29, 0.717) is 6.10 Å². The topological polar surface area (TPSA) is 25.4 Å². The molecule has 14 heavy (non-hydrogen) atoms. The molecule has 1 aromatic rings. The molecule has 0 N–H and O–H groups in total. The first-order chi connectivity index (χ1) is 6.74. The SMILES string of the molecule is Cc1ccc(O[C@H]2CCN(C)C2)cn1. The van der Waals surface area contributed by atoms with Gasteiger partial charge in [0.1, 0.15) is 11.9 Å². The summed E-state index contributed by atoms with van der Waals surface area (Å²) < 4.78 is 5.80. The Morgan fingerprint density at radius 2 is 2.36 bits per heavy atom. The Labute approximate surface area is 84.7 Å². The Balaban J connectivity index is 1.94. The molecule has 3 nitrogen and oxygen atoms in total. The lowest BCUT2D eigenvalue weighted by Crippen LogP contribution is -2.21. The highest BCUT2D eigenvalue weighted by atomic mass is 16.5. The second-order valence-electron chi connectivity index (χ2n) is 3.93. The number of ether oxygens (including phenoxy) is 1. The van der Waals surface area contributed by atoms with Gasteiger partial charge >= 0.3 is 0 Å². The molecule has 0 radical (unpaired) electrons. The third kappa shape index (κ3) is 2.23. The van der Waals surface area contributed by atoms with Gasteiger partial charge in [-0.3, -0.25) is 4.98 Å². The fourth-order valence-electron chi connectivity index (χ4n) is 1.71. The number of aryl methyl sites for hydroxylation is 1. The van der Waals surface area contributed by atoms with Crippen LogP contribution in [0, 0.1) is 6.92 Å². The first-order valence-electron chi connectivity index (χ1n) is 5.02. The summed E-state index contributed by atoms with van der Waals surface area (Å²) in [5.41, 5.74) is 1.03. The number of likely N-dealkylation sites (N-methyl/N-ethyl adjacent to an activating group) is 1. The standard InChI is InChI=1S/C11H16N2O/c1-9-3-4-10(7-12-9)14-11-5-6-13(2)8-11/h3-4,7,11H,5-6,8H2,1-2H3/t11-/m0/s1. The number of nitrogens with zero attached hydrogens (tertiary/aromatic N) is 2. The third-order valence-electron chi connectivity index (χ3n) is 2.54. The molecule has 2 rings (SSSR count). The van der Waals surface area contributed by atoms with E-state index in [9.17, 15) is 0 Å². The molecule has 0 unspecified atom stereocenters. The second kappa shape index (κ2) is 3.96. The van der Waals surface area contributed by atoms with Crippen LogP contribution in [0.2, 0.25) is 0 Å². The first kappa shape index (κ1) is 9.46. The van der Waals surface area contributed by atoms with Crippen LogP contribution in [0.1, 0.15) is 12.1 Å². The average molecular weight is 192 g/mol. The summed E-state index contributed by atoms with van der Waals surface area (Å²) in [5, 5.41) is 0. The van der Waals surface area contributed by atoms with E-state index in [4.69, 9.17) is 4.74 Å². The molecular formula is C11H16N2O. The van der Waals surface area contributed by atoms with Crippen molar-refractivity contribution in [1.82, 2.24) is 9.88 Å². The van der Waals surface area contributed by atoms with Crippen LogP contribution in [-0.4, -0.2) is 36.1 Å². The molecule has 1 aromatic heterocycles. The minimum atomic E-state index is 0.338. The van der Waals surface area contributed by atoms with Crippen LogP contribution in [0.15, 0.2) is 18.3 Å². The summed E-state index contributed by atoms with van der Waals surface area (Å²) in [5.74, 6) is 0.885. The van der Waals surface area contributed by atoms with E-state index in [2.05, 4.69) is 16.9 Å². The molecule has 1 fully saturated rings. The molecule has 2 heterocycles. The van der Waals surface area contributed by atoms with Crippen molar-refractivity contribution in [2.45, 2.75) is 19.4 Å². The summed E-state index contributed by atoms with van der Waals surface area (Å²) >= 11 is 0. The zero-order valence-electron chi connectivity index (χ0n) is 8.73. The van der Waals surface area contributed by atoms with E-state index < -0.39 is 0 Å². The van der Waals surface area contributed by atoms with Gasteiger partial charge in [0.25, 0.3) is 0 Å². The third-order valence-corrected chi connectivity index (χ3v) is 2.54. The summed E-state index contributed by atoms with van der Waals surface area (Å²) in [6.45, 7) is 4.13. The largest absolute Gasteiger partial charge is 0.487 e. The maximum atomic E-state index is 5.80. The van der Waals surface area contributed by atoms with Crippen molar-refractivity contribution in [2.75, 3.05) is 20.1 Å². The van der Waals surface area contributed by atoms with Crippen molar-refractivity contribution in [3.63, 3.8) is 0 Å². The van der Waals surface area contributed by atoms with Gasteiger partial charge in [0.05, 0.1) is 6.20 Å². The van der Waals surface area contributed by atoms with Crippen LogP contribution in [0.4, 0.5) is 0 Å². The van der Waals surface area contributed by atoms with Gasteiger partial charge in [-0.15, -0.1) is 0 Å². The van der Waals surface area contributed by atoms with Gasteiger partial charge in [0.2, 0.25) is 0 Å². The zero-order chi connectivity index (χ0) is 9.97. The molecule has 0 aromatic carbocycles. The summed E-state index contributed by atoms with van der Waals surface area (Å²) in [6, 6.07) is 3.97. The van der Waals surface area contributed by atoms with E-state index in [1.54, 1.807) is 6.20 Å². The van der Waals surface area contributed by atoms with Crippen LogP contribution in [0.5, 0.6) is 5.75 Å². The normalized spacial score (nSPS) is 22.6. The van der Waals surface area contributed by atoms with Crippen molar-refractivity contribution in [2.24, 2.45) is 0 Å². The predicted molar refractivity (Wildman–Crippen MR) is 55.5 cm³/mol. The van der Waals surface area contributed by atoms with E-state index in [-0.39, 0.29) is 0 Å². The molecule has 0 amide bonds. The Bertz CT molecular complexity index is 297. The highest BCUT2D eigenvalue weighted by Crippen LogP contribution is 2.16. The zero-order valence-corrected chi connectivity index (χ0v) is 8.73. The number of hydrogen-bond donors (Lipinski definition) is 0. The lowest BCUT2D eigenvalue weighted by Gasteiger charge is -2.13. The number of likely N-dealkylation sites (tertiary alicyclic amines) is 1. The average Bonchev–Trinajstić information content (AvgIpc) is 2.56. The molecule has 0 saturated carbocycles. The molecule has 1 aliphatic rings. The Morgan fingerprint density at radius 3 is 2.93 bits per heavy atom.